The Morgan fingerprint density at radius 1 is 1.10 bits per heavy atom. The molecular formula is C17H20BrFN2. The van der Waals surface area contributed by atoms with E-state index in [4.69, 9.17) is 5.84 Å². The van der Waals surface area contributed by atoms with Crippen molar-refractivity contribution >= 4 is 15.9 Å². The highest BCUT2D eigenvalue weighted by atomic mass is 79.9. The first-order chi connectivity index (χ1) is 9.82. The Morgan fingerprint density at radius 3 is 2.19 bits per heavy atom. The van der Waals surface area contributed by atoms with Gasteiger partial charge in [0.05, 0.1) is 6.04 Å². The molecule has 0 heterocycles. The normalized spacial score (nSPS) is 13.2. The van der Waals surface area contributed by atoms with Crippen LogP contribution < -0.4 is 11.3 Å². The number of benzene rings is 2. The molecule has 112 valence electrons. The van der Waals surface area contributed by atoms with Crippen LogP contribution in [0.5, 0.6) is 0 Å². The third-order valence-corrected chi connectivity index (χ3v) is 4.04. The Labute approximate surface area is 133 Å². The summed E-state index contributed by atoms with van der Waals surface area (Å²) in [4.78, 5) is 0. The highest BCUT2D eigenvalue weighted by Gasteiger charge is 2.18. The highest BCUT2D eigenvalue weighted by Crippen LogP contribution is 2.28. The maximum absolute atomic E-state index is 14.1. The second-order valence-corrected chi connectivity index (χ2v) is 7.05. The molecule has 0 spiro atoms. The summed E-state index contributed by atoms with van der Waals surface area (Å²) < 4.78 is 14.8. The molecule has 0 saturated carbocycles. The van der Waals surface area contributed by atoms with Crippen LogP contribution in [0.1, 0.15) is 43.5 Å². The third-order valence-electron chi connectivity index (χ3n) is 3.55. The number of hydrogen-bond donors (Lipinski definition) is 2. The predicted molar refractivity (Wildman–Crippen MR) is 88.4 cm³/mol. The van der Waals surface area contributed by atoms with Gasteiger partial charge in [-0.25, -0.2) is 9.82 Å². The molecule has 0 bridgehead atoms. The second-order valence-electron chi connectivity index (χ2n) is 6.14. The first-order valence-electron chi connectivity index (χ1n) is 6.84. The van der Waals surface area contributed by atoms with E-state index in [2.05, 4.69) is 54.3 Å². The molecule has 2 nitrogen and oxygen atoms in total. The van der Waals surface area contributed by atoms with Crippen LogP contribution in [0.3, 0.4) is 0 Å². The summed E-state index contributed by atoms with van der Waals surface area (Å²) in [7, 11) is 0. The molecule has 2 rings (SSSR count). The van der Waals surface area contributed by atoms with Gasteiger partial charge in [0.2, 0.25) is 0 Å². The van der Waals surface area contributed by atoms with E-state index in [0.717, 1.165) is 5.56 Å². The fourth-order valence-corrected chi connectivity index (χ4v) is 2.61. The maximum Gasteiger partial charge on any atom is 0.129 e. The van der Waals surface area contributed by atoms with E-state index in [0.29, 0.717) is 10.0 Å². The van der Waals surface area contributed by atoms with Crippen LogP contribution in [0, 0.1) is 5.82 Å². The summed E-state index contributed by atoms with van der Waals surface area (Å²) in [6.07, 6.45) is 0. The lowest BCUT2D eigenvalue weighted by Crippen LogP contribution is -2.29. The first-order valence-corrected chi connectivity index (χ1v) is 7.64. The lowest BCUT2D eigenvalue weighted by Gasteiger charge is -2.22. The van der Waals surface area contributed by atoms with Gasteiger partial charge in [-0.05, 0) is 28.7 Å². The summed E-state index contributed by atoms with van der Waals surface area (Å²) in [5, 5.41) is 0. The molecule has 2 aromatic rings. The minimum absolute atomic E-state index is 0.0903. The van der Waals surface area contributed by atoms with Crippen LogP contribution in [-0.4, -0.2) is 0 Å². The number of hydrogen-bond acceptors (Lipinski definition) is 2. The minimum Gasteiger partial charge on any atom is -0.271 e. The molecule has 4 heteroatoms. The van der Waals surface area contributed by atoms with Gasteiger partial charge in [-0.1, -0.05) is 67.0 Å². The molecule has 0 aliphatic heterocycles. The van der Waals surface area contributed by atoms with E-state index in [1.807, 2.05) is 18.2 Å². The van der Waals surface area contributed by atoms with Gasteiger partial charge in [0.15, 0.2) is 0 Å². The Balaban J connectivity index is 2.37. The molecule has 2 aromatic carbocycles. The van der Waals surface area contributed by atoms with Crippen molar-refractivity contribution in [2.45, 2.75) is 32.2 Å². The van der Waals surface area contributed by atoms with E-state index in [9.17, 15) is 4.39 Å². The zero-order valence-electron chi connectivity index (χ0n) is 12.5. The number of hydrazine groups is 1. The average molecular weight is 351 g/mol. The predicted octanol–water partition coefficient (Wildman–Crippen LogP) is 4.44. The van der Waals surface area contributed by atoms with E-state index >= 15 is 0 Å². The minimum atomic E-state index is -0.368. The molecule has 0 aliphatic rings. The number of nitrogens with one attached hydrogen (secondary N) is 1. The number of halogens is 2. The molecule has 3 N–H and O–H groups in total. The van der Waals surface area contributed by atoms with E-state index in [1.165, 1.54) is 11.6 Å². The Bertz CT molecular complexity index is 618. The van der Waals surface area contributed by atoms with Gasteiger partial charge in [-0.3, -0.25) is 5.84 Å². The van der Waals surface area contributed by atoms with Gasteiger partial charge >= 0.3 is 0 Å². The zero-order chi connectivity index (χ0) is 15.6. The summed E-state index contributed by atoms with van der Waals surface area (Å²) in [6.45, 7) is 6.49. The largest absolute Gasteiger partial charge is 0.271 e. The molecule has 21 heavy (non-hydrogen) atoms. The second kappa shape index (κ2) is 6.26. The number of rotatable bonds is 3. The van der Waals surface area contributed by atoms with Crippen molar-refractivity contribution in [1.29, 1.82) is 0 Å². The molecule has 0 amide bonds. The van der Waals surface area contributed by atoms with Crippen molar-refractivity contribution in [2.75, 3.05) is 0 Å². The highest BCUT2D eigenvalue weighted by molar-refractivity contribution is 9.10. The molecule has 0 aliphatic carbocycles. The lowest BCUT2D eigenvalue weighted by molar-refractivity contribution is 0.558. The van der Waals surface area contributed by atoms with Gasteiger partial charge in [0.25, 0.3) is 0 Å². The zero-order valence-corrected chi connectivity index (χ0v) is 14.0. The van der Waals surface area contributed by atoms with Crippen LogP contribution in [-0.2, 0) is 5.41 Å². The van der Waals surface area contributed by atoms with Gasteiger partial charge in [0.1, 0.15) is 5.82 Å². The molecule has 0 aromatic heterocycles. The van der Waals surface area contributed by atoms with Crippen molar-refractivity contribution in [1.82, 2.24) is 5.43 Å². The van der Waals surface area contributed by atoms with Crippen molar-refractivity contribution in [2.24, 2.45) is 5.84 Å². The molecule has 1 unspecified atom stereocenters. The van der Waals surface area contributed by atoms with Gasteiger partial charge in [0, 0.05) is 10.0 Å². The first kappa shape index (κ1) is 16.1. The average Bonchev–Trinajstić information content (AvgIpc) is 2.41. The smallest absolute Gasteiger partial charge is 0.129 e. The van der Waals surface area contributed by atoms with Crippen molar-refractivity contribution in [3.63, 3.8) is 0 Å². The topological polar surface area (TPSA) is 38.0 Å². The van der Waals surface area contributed by atoms with E-state index < -0.39 is 0 Å². The van der Waals surface area contributed by atoms with Crippen LogP contribution in [0.4, 0.5) is 4.39 Å². The SMILES string of the molecule is CC(C)(C)c1ccc(C(NN)c2ccc(Br)cc2F)cc1. The van der Waals surface area contributed by atoms with Crippen molar-refractivity contribution in [3.8, 4) is 0 Å². The van der Waals surface area contributed by atoms with Crippen LogP contribution in [0.25, 0.3) is 0 Å². The third kappa shape index (κ3) is 3.70. The Kier molecular flexibility index (Phi) is 4.81. The molecule has 0 radical (unpaired) electrons. The summed E-state index contributed by atoms with van der Waals surface area (Å²) >= 11 is 3.26. The van der Waals surface area contributed by atoms with Gasteiger partial charge < -0.3 is 0 Å². The molecule has 0 fully saturated rings. The van der Waals surface area contributed by atoms with Crippen molar-refractivity contribution in [3.05, 3.63) is 69.4 Å². The maximum atomic E-state index is 14.1. The summed E-state index contributed by atoms with van der Waals surface area (Å²) in [6, 6.07) is 12.7. The standard InChI is InChI=1S/C17H20BrFN2/c1-17(2,3)12-6-4-11(5-7-12)16(21-20)14-9-8-13(18)10-15(14)19/h4-10,16,21H,20H2,1-3H3. The van der Waals surface area contributed by atoms with Crippen LogP contribution >= 0.6 is 15.9 Å². The van der Waals surface area contributed by atoms with Gasteiger partial charge in [-0.15, -0.1) is 0 Å². The monoisotopic (exact) mass is 350 g/mol. The lowest BCUT2D eigenvalue weighted by atomic mass is 9.86. The fraction of sp³-hybridized carbons (Fsp3) is 0.294. The van der Waals surface area contributed by atoms with Crippen LogP contribution in [0.15, 0.2) is 46.9 Å². The van der Waals surface area contributed by atoms with E-state index in [-0.39, 0.29) is 17.3 Å². The van der Waals surface area contributed by atoms with E-state index in [1.54, 1.807) is 6.07 Å². The summed E-state index contributed by atoms with van der Waals surface area (Å²) in [5.41, 5.74) is 5.49. The fourth-order valence-electron chi connectivity index (χ4n) is 2.28. The molecular weight excluding hydrogens is 331 g/mol. The Hall–Kier alpha value is -1.23. The molecule has 0 saturated heterocycles. The van der Waals surface area contributed by atoms with Crippen molar-refractivity contribution < 1.29 is 4.39 Å². The quantitative estimate of drug-likeness (QED) is 0.634. The summed E-state index contributed by atoms with van der Waals surface area (Å²) in [5.74, 6) is 5.35. The van der Waals surface area contributed by atoms with Crippen LogP contribution in [0.2, 0.25) is 0 Å². The molecule has 1 atom stereocenters. The van der Waals surface area contributed by atoms with Gasteiger partial charge in [-0.2, -0.15) is 0 Å². The Morgan fingerprint density at radius 2 is 1.71 bits per heavy atom. The number of nitrogens with two attached hydrogens (primary N) is 1.